The molecule has 0 radical (unpaired) electrons. The third-order valence-corrected chi connectivity index (χ3v) is 6.00. The van der Waals surface area contributed by atoms with E-state index in [0.29, 0.717) is 19.2 Å². The maximum absolute atomic E-state index is 12.6. The van der Waals surface area contributed by atoms with E-state index in [4.69, 9.17) is 4.74 Å². The van der Waals surface area contributed by atoms with E-state index in [2.05, 4.69) is 16.3 Å². The van der Waals surface area contributed by atoms with Crippen LogP contribution in [0.4, 0.5) is 0 Å². The zero-order chi connectivity index (χ0) is 16.4. The van der Waals surface area contributed by atoms with Gasteiger partial charge in [0.2, 0.25) is 5.91 Å². The molecule has 2 aliphatic heterocycles. The van der Waals surface area contributed by atoms with Crippen LogP contribution in [0.15, 0.2) is 24.3 Å². The fourth-order valence-electron chi connectivity index (χ4n) is 4.84. The number of carbonyl (C=O) groups excluding carboxylic acids is 1. The first-order valence-electron chi connectivity index (χ1n) is 9.56. The number of nitrogens with one attached hydrogen (secondary N) is 1. The number of fused-ring (bicyclic) bond motifs is 1. The number of likely N-dealkylation sites (tertiary alicyclic amines) is 1. The molecule has 4 heteroatoms. The lowest BCUT2D eigenvalue weighted by Gasteiger charge is -2.31. The van der Waals surface area contributed by atoms with Crippen molar-refractivity contribution in [2.45, 2.75) is 57.0 Å². The van der Waals surface area contributed by atoms with E-state index >= 15 is 0 Å². The first kappa shape index (κ1) is 15.9. The summed E-state index contributed by atoms with van der Waals surface area (Å²) in [6.07, 6.45) is 8.84. The standard InChI is InChI=1S/C20H28N2O2/c23-20(14-22-12-5-9-18(22)15-6-1-2-7-15)21-17-11-13-24-19-10-4-3-8-16(17)19/h3-4,8,10,15,17-18H,1-2,5-7,9,11-14H2,(H,21,23). The highest BCUT2D eigenvalue weighted by molar-refractivity contribution is 5.78. The SMILES string of the molecule is O=C(CN1CCCC1C1CCCC1)NC1CCOc2ccccc21. The van der Waals surface area contributed by atoms with Gasteiger partial charge in [-0.15, -0.1) is 0 Å². The van der Waals surface area contributed by atoms with E-state index < -0.39 is 0 Å². The van der Waals surface area contributed by atoms with Crippen molar-refractivity contribution >= 4 is 5.91 Å². The Balaban J connectivity index is 1.37. The van der Waals surface area contributed by atoms with Gasteiger partial charge in [0.1, 0.15) is 5.75 Å². The summed E-state index contributed by atoms with van der Waals surface area (Å²) in [6, 6.07) is 8.79. The Labute approximate surface area is 144 Å². The minimum Gasteiger partial charge on any atom is -0.493 e. The predicted octanol–water partition coefficient (Wildman–Crippen LogP) is 3.28. The lowest BCUT2D eigenvalue weighted by atomic mass is 9.96. The van der Waals surface area contributed by atoms with Crippen molar-refractivity contribution in [1.82, 2.24) is 10.2 Å². The van der Waals surface area contributed by atoms with Gasteiger partial charge in [-0.3, -0.25) is 9.69 Å². The van der Waals surface area contributed by atoms with Crippen molar-refractivity contribution in [3.05, 3.63) is 29.8 Å². The fourth-order valence-corrected chi connectivity index (χ4v) is 4.84. The Kier molecular flexibility index (Phi) is 4.74. The number of benzene rings is 1. The number of hydrogen-bond donors (Lipinski definition) is 1. The molecule has 1 aliphatic carbocycles. The second-order valence-electron chi connectivity index (χ2n) is 7.52. The lowest BCUT2D eigenvalue weighted by molar-refractivity contribution is -0.123. The van der Waals surface area contributed by atoms with Crippen LogP contribution in [0.25, 0.3) is 0 Å². The lowest BCUT2D eigenvalue weighted by Crippen LogP contribution is -2.43. The van der Waals surface area contributed by atoms with Gasteiger partial charge < -0.3 is 10.1 Å². The maximum Gasteiger partial charge on any atom is 0.234 e. The Hall–Kier alpha value is -1.55. The predicted molar refractivity (Wildman–Crippen MR) is 94.0 cm³/mol. The highest BCUT2D eigenvalue weighted by Crippen LogP contribution is 2.35. The van der Waals surface area contributed by atoms with Gasteiger partial charge in [-0.1, -0.05) is 31.0 Å². The van der Waals surface area contributed by atoms with Crippen LogP contribution in [0, 0.1) is 5.92 Å². The van der Waals surface area contributed by atoms with Crippen molar-refractivity contribution in [2.24, 2.45) is 5.92 Å². The number of ether oxygens (including phenoxy) is 1. The smallest absolute Gasteiger partial charge is 0.234 e. The molecule has 1 saturated carbocycles. The fraction of sp³-hybridized carbons (Fsp3) is 0.650. The Bertz CT molecular complexity index is 583. The Morgan fingerprint density at radius 2 is 1.96 bits per heavy atom. The summed E-state index contributed by atoms with van der Waals surface area (Å²) in [6.45, 7) is 2.32. The zero-order valence-electron chi connectivity index (χ0n) is 14.4. The van der Waals surface area contributed by atoms with Gasteiger partial charge in [0.15, 0.2) is 0 Å². The van der Waals surface area contributed by atoms with Crippen LogP contribution in [0.2, 0.25) is 0 Å². The Morgan fingerprint density at radius 1 is 1.12 bits per heavy atom. The molecule has 1 amide bonds. The third kappa shape index (κ3) is 3.30. The molecule has 4 nitrogen and oxygen atoms in total. The van der Waals surface area contributed by atoms with E-state index in [-0.39, 0.29) is 11.9 Å². The summed E-state index contributed by atoms with van der Waals surface area (Å²) >= 11 is 0. The highest BCUT2D eigenvalue weighted by Gasteiger charge is 2.34. The van der Waals surface area contributed by atoms with E-state index in [9.17, 15) is 4.79 Å². The van der Waals surface area contributed by atoms with Gasteiger partial charge in [-0.25, -0.2) is 0 Å². The van der Waals surface area contributed by atoms with Crippen LogP contribution >= 0.6 is 0 Å². The molecule has 1 aromatic rings. The number of carbonyl (C=O) groups is 1. The second-order valence-corrected chi connectivity index (χ2v) is 7.52. The average Bonchev–Trinajstić information content (AvgIpc) is 3.26. The average molecular weight is 328 g/mol. The normalized spacial score (nSPS) is 27.7. The quantitative estimate of drug-likeness (QED) is 0.922. The molecule has 130 valence electrons. The minimum absolute atomic E-state index is 0.0926. The van der Waals surface area contributed by atoms with Crippen molar-refractivity contribution < 1.29 is 9.53 Å². The van der Waals surface area contributed by atoms with Gasteiger partial charge in [-0.2, -0.15) is 0 Å². The summed E-state index contributed by atoms with van der Waals surface area (Å²) in [5.74, 6) is 1.91. The van der Waals surface area contributed by atoms with Crippen molar-refractivity contribution in [2.75, 3.05) is 19.7 Å². The Morgan fingerprint density at radius 3 is 2.83 bits per heavy atom. The molecule has 2 fully saturated rings. The molecule has 0 bridgehead atoms. The molecular formula is C20H28N2O2. The molecule has 1 saturated heterocycles. The maximum atomic E-state index is 12.6. The van der Waals surface area contributed by atoms with Crippen molar-refractivity contribution in [3.63, 3.8) is 0 Å². The summed E-state index contributed by atoms with van der Waals surface area (Å²) < 4.78 is 5.69. The number of rotatable bonds is 4. The van der Waals surface area contributed by atoms with E-state index in [0.717, 1.165) is 30.2 Å². The first-order valence-corrected chi connectivity index (χ1v) is 9.56. The summed E-state index contributed by atoms with van der Waals surface area (Å²) in [4.78, 5) is 15.1. The van der Waals surface area contributed by atoms with Crippen molar-refractivity contribution in [3.8, 4) is 5.75 Å². The molecule has 24 heavy (non-hydrogen) atoms. The van der Waals surface area contributed by atoms with Gasteiger partial charge in [0.25, 0.3) is 0 Å². The highest BCUT2D eigenvalue weighted by atomic mass is 16.5. The topological polar surface area (TPSA) is 41.6 Å². The second kappa shape index (κ2) is 7.14. The molecule has 1 aromatic carbocycles. The third-order valence-electron chi connectivity index (χ3n) is 6.00. The van der Waals surface area contributed by atoms with Gasteiger partial charge in [0, 0.05) is 18.0 Å². The van der Waals surface area contributed by atoms with Gasteiger partial charge in [-0.05, 0) is 44.2 Å². The molecule has 0 aromatic heterocycles. The van der Waals surface area contributed by atoms with Crippen LogP contribution in [-0.4, -0.2) is 36.5 Å². The summed E-state index contributed by atoms with van der Waals surface area (Å²) in [5, 5.41) is 3.25. The summed E-state index contributed by atoms with van der Waals surface area (Å²) in [5.41, 5.74) is 1.12. The molecule has 2 atom stereocenters. The minimum atomic E-state index is 0.0926. The van der Waals surface area contributed by atoms with Crippen LogP contribution in [-0.2, 0) is 4.79 Å². The number of nitrogens with zero attached hydrogens (tertiary/aromatic N) is 1. The number of amides is 1. The molecule has 3 aliphatic rings. The van der Waals surface area contributed by atoms with Crippen molar-refractivity contribution in [1.29, 1.82) is 0 Å². The molecule has 2 heterocycles. The van der Waals surface area contributed by atoms with E-state index in [1.807, 2.05) is 18.2 Å². The van der Waals surface area contributed by atoms with Gasteiger partial charge in [0.05, 0.1) is 19.2 Å². The number of para-hydroxylation sites is 1. The number of hydrogen-bond acceptors (Lipinski definition) is 3. The van der Waals surface area contributed by atoms with Crippen LogP contribution < -0.4 is 10.1 Å². The first-order chi connectivity index (χ1) is 11.8. The zero-order valence-corrected chi connectivity index (χ0v) is 14.4. The van der Waals surface area contributed by atoms with Crippen LogP contribution in [0.3, 0.4) is 0 Å². The van der Waals surface area contributed by atoms with Crippen LogP contribution in [0.1, 0.15) is 56.6 Å². The van der Waals surface area contributed by atoms with E-state index in [1.165, 1.54) is 38.5 Å². The largest absolute Gasteiger partial charge is 0.493 e. The summed E-state index contributed by atoms with van der Waals surface area (Å²) in [7, 11) is 0. The molecule has 4 rings (SSSR count). The molecule has 2 unspecified atom stereocenters. The molecule has 1 N–H and O–H groups in total. The monoisotopic (exact) mass is 328 g/mol. The van der Waals surface area contributed by atoms with Gasteiger partial charge >= 0.3 is 0 Å². The van der Waals surface area contributed by atoms with E-state index in [1.54, 1.807) is 0 Å². The molecular weight excluding hydrogens is 300 g/mol. The van der Waals surface area contributed by atoms with Crippen LogP contribution in [0.5, 0.6) is 5.75 Å². The molecule has 0 spiro atoms.